The molecule has 0 spiro atoms. The molecule has 2 aromatic rings. The van der Waals surface area contributed by atoms with Crippen LogP contribution >= 0.6 is 34.2 Å². The molecule has 0 fully saturated rings. The SMILES string of the molecule is O=C(/C=C\Cl)Nc1ccc(CN/C=C2\C(=O)NC(=O)c3ccc(I)cc32)cc1O. The number of amides is 3. The predicted octanol–water partition coefficient (Wildman–Crippen LogP) is 3.09. The van der Waals surface area contributed by atoms with Crippen LogP contribution in [-0.2, 0) is 16.1 Å². The third-order valence-corrected chi connectivity index (χ3v) is 4.87. The van der Waals surface area contributed by atoms with E-state index in [1.165, 1.54) is 12.3 Å². The Morgan fingerprint density at radius 2 is 1.93 bits per heavy atom. The van der Waals surface area contributed by atoms with Crippen molar-refractivity contribution < 1.29 is 19.5 Å². The van der Waals surface area contributed by atoms with Crippen LogP contribution in [0.15, 0.2) is 54.2 Å². The average molecular weight is 524 g/mol. The minimum Gasteiger partial charge on any atom is -0.506 e. The van der Waals surface area contributed by atoms with Gasteiger partial charge in [-0.3, -0.25) is 19.7 Å². The number of phenols is 1. The first-order valence-electron chi connectivity index (χ1n) is 8.38. The van der Waals surface area contributed by atoms with Crippen LogP contribution in [0.3, 0.4) is 0 Å². The summed E-state index contributed by atoms with van der Waals surface area (Å²) in [4.78, 5) is 35.7. The molecule has 0 aliphatic carbocycles. The maximum atomic E-state index is 12.2. The topological polar surface area (TPSA) is 108 Å². The first kappa shape index (κ1) is 20.9. The zero-order valence-electron chi connectivity index (χ0n) is 14.8. The number of carbonyl (C=O) groups excluding carboxylic acids is 3. The van der Waals surface area contributed by atoms with Gasteiger partial charge in [0.15, 0.2) is 0 Å². The number of nitrogens with one attached hydrogen (secondary N) is 3. The quantitative estimate of drug-likeness (QED) is 0.209. The Kier molecular flexibility index (Phi) is 6.55. The van der Waals surface area contributed by atoms with Crippen LogP contribution in [0.2, 0.25) is 0 Å². The van der Waals surface area contributed by atoms with E-state index in [2.05, 4.69) is 38.5 Å². The van der Waals surface area contributed by atoms with Gasteiger partial charge in [-0.1, -0.05) is 17.7 Å². The Bertz CT molecular complexity index is 1070. The highest BCUT2D eigenvalue weighted by Crippen LogP contribution is 2.26. The number of hydrogen-bond acceptors (Lipinski definition) is 5. The van der Waals surface area contributed by atoms with Crippen molar-refractivity contribution in [3.63, 3.8) is 0 Å². The second kappa shape index (κ2) is 9.10. The van der Waals surface area contributed by atoms with Crippen molar-refractivity contribution in [1.82, 2.24) is 10.6 Å². The molecule has 0 radical (unpaired) electrons. The summed E-state index contributed by atoms with van der Waals surface area (Å²) in [6.45, 7) is 0.313. The van der Waals surface area contributed by atoms with Gasteiger partial charge in [-0.15, -0.1) is 0 Å². The van der Waals surface area contributed by atoms with E-state index >= 15 is 0 Å². The lowest BCUT2D eigenvalue weighted by Gasteiger charge is -2.18. The summed E-state index contributed by atoms with van der Waals surface area (Å²) in [7, 11) is 0. The second-order valence-corrected chi connectivity index (χ2v) is 7.54. The van der Waals surface area contributed by atoms with E-state index in [1.807, 2.05) is 0 Å². The molecule has 1 aliphatic rings. The lowest BCUT2D eigenvalue weighted by atomic mass is 9.95. The molecule has 0 saturated carbocycles. The standard InChI is InChI=1S/C20H15ClIN3O4/c21-6-5-18(27)24-16-4-1-11(7-17(16)26)9-23-10-15-14-8-12(22)2-3-13(14)19(28)25-20(15)29/h1-8,10,23,26H,9H2,(H,24,27)(H,25,28,29)/b6-5-,15-10-. The molecule has 3 rings (SSSR count). The van der Waals surface area contributed by atoms with E-state index in [4.69, 9.17) is 11.6 Å². The summed E-state index contributed by atoms with van der Waals surface area (Å²) in [6, 6.07) is 10.0. The van der Waals surface area contributed by atoms with Crippen LogP contribution < -0.4 is 16.0 Å². The molecule has 7 nitrogen and oxygen atoms in total. The summed E-state index contributed by atoms with van der Waals surface area (Å²) in [5.41, 5.74) is 3.39. The number of halogens is 2. The number of anilines is 1. The van der Waals surface area contributed by atoms with Gasteiger partial charge in [0.05, 0.1) is 11.3 Å². The molecule has 0 aromatic heterocycles. The maximum absolute atomic E-state index is 12.2. The first-order chi connectivity index (χ1) is 13.9. The Hall–Kier alpha value is -2.85. The number of rotatable bonds is 5. The van der Waals surface area contributed by atoms with Gasteiger partial charge in [0.25, 0.3) is 11.8 Å². The van der Waals surface area contributed by atoms with Gasteiger partial charge in [0, 0.05) is 39.1 Å². The highest BCUT2D eigenvalue weighted by Gasteiger charge is 2.27. The van der Waals surface area contributed by atoms with Crippen LogP contribution in [-0.4, -0.2) is 22.8 Å². The maximum Gasteiger partial charge on any atom is 0.260 e. The van der Waals surface area contributed by atoms with Gasteiger partial charge in [0.2, 0.25) is 5.91 Å². The van der Waals surface area contributed by atoms with Gasteiger partial charge in [-0.2, -0.15) is 0 Å². The van der Waals surface area contributed by atoms with Crippen molar-refractivity contribution in [2.45, 2.75) is 6.54 Å². The van der Waals surface area contributed by atoms with Gasteiger partial charge in [-0.25, -0.2) is 0 Å². The molecule has 1 aliphatic heterocycles. The Balaban J connectivity index is 1.74. The normalized spacial score (nSPS) is 14.6. The minimum atomic E-state index is -0.481. The molecule has 1 heterocycles. The zero-order valence-corrected chi connectivity index (χ0v) is 17.7. The summed E-state index contributed by atoms with van der Waals surface area (Å²) in [6.07, 6.45) is 2.66. The molecule has 9 heteroatoms. The van der Waals surface area contributed by atoms with E-state index < -0.39 is 17.7 Å². The third kappa shape index (κ3) is 4.96. The van der Waals surface area contributed by atoms with Crippen LogP contribution in [0.4, 0.5) is 5.69 Å². The minimum absolute atomic E-state index is 0.103. The summed E-state index contributed by atoms with van der Waals surface area (Å²) in [5, 5.41) is 17.9. The Morgan fingerprint density at radius 3 is 2.66 bits per heavy atom. The lowest BCUT2D eigenvalue weighted by molar-refractivity contribution is -0.115. The summed E-state index contributed by atoms with van der Waals surface area (Å²) < 4.78 is 0.904. The zero-order chi connectivity index (χ0) is 21.0. The Labute approximate surface area is 185 Å². The molecule has 148 valence electrons. The number of carbonyl (C=O) groups is 3. The monoisotopic (exact) mass is 523 g/mol. The van der Waals surface area contributed by atoms with Crippen molar-refractivity contribution in [2.75, 3.05) is 5.32 Å². The molecular weight excluding hydrogens is 509 g/mol. The molecule has 4 N–H and O–H groups in total. The van der Waals surface area contributed by atoms with E-state index in [9.17, 15) is 19.5 Å². The van der Waals surface area contributed by atoms with Crippen molar-refractivity contribution in [3.05, 3.63) is 74.5 Å². The predicted molar refractivity (Wildman–Crippen MR) is 118 cm³/mol. The fourth-order valence-corrected chi connectivity index (χ4v) is 3.34. The van der Waals surface area contributed by atoms with Crippen molar-refractivity contribution in [3.8, 4) is 5.75 Å². The molecule has 29 heavy (non-hydrogen) atoms. The number of fused-ring (bicyclic) bond motifs is 1. The van der Waals surface area contributed by atoms with Crippen molar-refractivity contribution in [1.29, 1.82) is 0 Å². The number of phenolic OH excluding ortho intramolecular Hbond substituents is 1. The molecular formula is C20H15ClIN3O4. The van der Waals surface area contributed by atoms with Gasteiger partial charge in [-0.05, 0) is 58.5 Å². The van der Waals surface area contributed by atoms with E-state index in [0.717, 1.165) is 20.7 Å². The lowest BCUT2D eigenvalue weighted by Crippen LogP contribution is -2.37. The molecule has 3 amide bonds. The number of aromatic hydroxyl groups is 1. The van der Waals surface area contributed by atoms with Crippen LogP contribution in [0.1, 0.15) is 21.5 Å². The number of hydrogen-bond donors (Lipinski definition) is 4. The Morgan fingerprint density at radius 1 is 1.14 bits per heavy atom. The molecule has 2 aromatic carbocycles. The van der Waals surface area contributed by atoms with Crippen LogP contribution in [0, 0.1) is 3.57 Å². The second-order valence-electron chi connectivity index (χ2n) is 6.05. The smallest absolute Gasteiger partial charge is 0.260 e. The third-order valence-electron chi connectivity index (χ3n) is 4.08. The summed E-state index contributed by atoms with van der Waals surface area (Å²) in [5.74, 6) is -1.47. The number of imide groups is 1. The van der Waals surface area contributed by atoms with Gasteiger partial charge < -0.3 is 15.7 Å². The molecule has 0 saturated heterocycles. The van der Waals surface area contributed by atoms with E-state index in [0.29, 0.717) is 23.2 Å². The molecule has 0 unspecified atom stereocenters. The fraction of sp³-hybridized carbons (Fsp3) is 0.0500. The van der Waals surface area contributed by atoms with Gasteiger partial charge in [0.1, 0.15) is 5.75 Å². The molecule has 0 atom stereocenters. The largest absolute Gasteiger partial charge is 0.506 e. The highest BCUT2D eigenvalue weighted by atomic mass is 127. The van der Waals surface area contributed by atoms with Crippen LogP contribution in [0.25, 0.3) is 5.57 Å². The van der Waals surface area contributed by atoms with Gasteiger partial charge >= 0.3 is 0 Å². The van der Waals surface area contributed by atoms with Crippen LogP contribution in [0.5, 0.6) is 5.75 Å². The van der Waals surface area contributed by atoms with Crippen molar-refractivity contribution in [2.24, 2.45) is 0 Å². The fourth-order valence-electron chi connectivity index (χ4n) is 2.74. The van der Waals surface area contributed by atoms with Crippen molar-refractivity contribution >= 4 is 63.2 Å². The molecule has 0 bridgehead atoms. The number of benzene rings is 2. The summed E-state index contributed by atoms with van der Waals surface area (Å²) >= 11 is 7.46. The average Bonchev–Trinajstić information content (AvgIpc) is 2.66. The highest BCUT2D eigenvalue weighted by molar-refractivity contribution is 14.1. The van der Waals surface area contributed by atoms with E-state index in [-0.39, 0.29) is 11.4 Å². The van der Waals surface area contributed by atoms with E-state index in [1.54, 1.807) is 30.3 Å². The first-order valence-corrected chi connectivity index (χ1v) is 9.89.